The van der Waals surface area contributed by atoms with Crippen LogP contribution < -0.4 is 10.1 Å². The molecule has 0 aromatic heterocycles. The van der Waals surface area contributed by atoms with Crippen molar-refractivity contribution in [2.24, 2.45) is 0 Å². The number of hydrogen-bond donors (Lipinski definition) is 1. The first kappa shape index (κ1) is 20.7. The maximum Gasteiger partial charge on any atom is 0.261 e. The van der Waals surface area contributed by atoms with Crippen LogP contribution in [0.5, 0.6) is 5.75 Å². The van der Waals surface area contributed by atoms with Gasteiger partial charge in [-0.2, -0.15) is 0 Å². The van der Waals surface area contributed by atoms with Crippen molar-refractivity contribution >= 4 is 17.5 Å². The molecule has 2 aromatic carbocycles. The Labute approximate surface area is 172 Å². The van der Waals surface area contributed by atoms with E-state index >= 15 is 0 Å². The molecular formula is C23H29ClN2O2. The summed E-state index contributed by atoms with van der Waals surface area (Å²) in [5.41, 5.74) is 2.46. The van der Waals surface area contributed by atoms with Crippen molar-refractivity contribution in [3.8, 4) is 5.75 Å². The molecular weight excluding hydrogens is 372 g/mol. The van der Waals surface area contributed by atoms with Crippen LogP contribution in [-0.2, 0) is 17.9 Å². The zero-order chi connectivity index (χ0) is 19.8. The van der Waals surface area contributed by atoms with E-state index in [1.165, 1.54) is 30.4 Å². The minimum atomic E-state index is -0.518. The number of carbonyl (C=O) groups is 1. The Morgan fingerprint density at radius 3 is 2.43 bits per heavy atom. The van der Waals surface area contributed by atoms with Gasteiger partial charge >= 0.3 is 0 Å². The quantitative estimate of drug-likeness (QED) is 0.692. The third-order valence-electron chi connectivity index (χ3n) is 5.17. The van der Waals surface area contributed by atoms with Gasteiger partial charge in [0.05, 0.1) is 0 Å². The first-order valence-electron chi connectivity index (χ1n) is 10.1. The number of nitrogens with one attached hydrogen (secondary N) is 1. The number of likely N-dealkylation sites (tertiary alicyclic amines) is 1. The summed E-state index contributed by atoms with van der Waals surface area (Å²) in [4.78, 5) is 15.2. The summed E-state index contributed by atoms with van der Waals surface area (Å²) in [7, 11) is 0. The summed E-state index contributed by atoms with van der Waals surface area (Å²) in [6.45, 7) is 5.74. The summed E-state index contributed by atoms with van der Waals surface area (Å²) >= 11 is 5.91. The fraction of sp³-hybridized carbons (Fsp3) is 0.435. The van der Waals surface area contributed by atoms with Crippen molar-refractivity contribution < 1.29 is 9.53 Å². The molecule has 1 heterocycles. The van der Waals surface area contributed by atoms with Crippen LogP contribution in [0, 0.1) is 0 Å². The molecule has 1 aliphatic heterocycles. The number of halogens is 1. The molecule has 0 aliphatic carbocycles. The van der Waals surface area contributed by atoms with Crippen LogP contribution in [0.1, 0.15) is 43.7 Å². The molecule has 0 bridgehead atoms. The highest BCUT2D eigenvalue weighted by Gasteiger charge is 2.19. The lowest BCUT2D eigenvalue weighted by Gasteiger charge is -2.27. The summed E-state index contributed by atoms with van der Waals surface area (Å²) in [6, 6.07) is 15.5. The molecule has 1 aliphatic rings. The van der Waals surface area contributed by atoms with Crippen molar-refractivity contribution in [1.29, 1.82) is 0 Å². The van der Waals surface area contributed by atoms with Crippen molar-refractivity contribution in [1.82, 2.24) is 10.2 Å². The molecule has 0 radical (unpaired) electrons. The Morgan fingerprint density at radius 2 is 1.75 bits per heavy atom. The third kappa shape index (κ3) is 5.98. The van der Waals surface area contributed by atoms with Gasteiger partial charge in [-0.25, -0.2) is 0 Å². The van der Waals surface area contributed by atoms with Gasteiger partial charge in [0.25, 0.3) is 5.91 Å². The van der Waals surface area contributed by atoms with Gasteiger partial charge in [0.15, 0.2) is 6.10 Å². The fourth-order valence-corrected chi connectivity index (χ4v) is 3.66. The second-order valence-electron chi connectivity index (χ2n) is 7.29. The summed E-state index contributed by atoms with van der Waals surface area (Å²) < 4.78 is 5.84. The maximum absolute atomic E-state index is 12.6. The molecule has 28 heavy (non-hydrogen) atoms. The predicted molar refractivity (Wildman–Crippen MR) is 114 cm³/mol. The normalized spacial score (nSPS) is 15.8. The zero-order valence-electron chi connectivity index (χ0n) is 16.5. The van der Waals surface area contributed by atoms with Crippen LogP contribution in [0.4, 0.5) is 0 Å². The van der Waals surface area contributed by atoms with E-state index in [1.807, 2.05) is 13.0 Å². The van der Waals surface area contributed by atoms with E-state index in [0.717, 1.165) is 19.6 Å². The number of carbonyl (C=O) groups excluding carboxylic acids is 1. The summed E-state index contributed by atoms with van der Waals surface area (Å²) in [5, 5.41) is 3.70. The second-order valence-corrected chi connectivity index (χ2v) is 7.73. The van der Waals surface area contributed by atoms with E-state index in [1.54, 1.807) is 24.3 Å². The first-order chi connectivity index (χ1) is 13.7. The highest BCUT2D eigenvalue weighted by Crippen LogP contribution is 2.19. The molecule has 1 fully saturated rings. The summed E-state index contributed by atoms with van der Waals surface area (Å²) in [6.07, 6.45) is 3.97. The van der Waals surface area contributed by atoms with Gasteiger partial charge in [-0.15, -0.1) is 0 Å². The van der Waals surface area contributed by atoms with Crippen molar-refractivity contribution in [3.63, 3.8) is 0 Å². The third-order valence-corrected chi connectivity index (χ3v) is 5.42. The molecule has 0 spiro atoms. The molecule has 1 atom stereocenters. The zero-order valence-corrected chi connectivity index (χ0v) is 17.3. The van der Waals surface area contributed by atoms with Crippen LogP contribution >= 0.6 is 11.6 Å². The smallest absolute Gasteiger partial charge is 0.261 e. The SMILES string of the molecule is CC[C@@H](Oc1ccc(Cl)cc1)C(=O)NCc1ccccc1CN1CCCCC1. The van der Waals surface area contributed by atoms with Crippen LogP contribution in [-0.4, -0.2) is 30.0 Å². The number of ether oxygens (including phenoxy) is 1. The van der Waals surface area contributed by atoms with E-state index in [4.69, 9.17) is 16.3 Å². The number of amides is 1. The van der Waals surface area contributed by atoms with Gasteiger partial charge in [-0.3, -0.25) is 9.69 Å². The highest BCUT2D eigenvalue weighted by molar-refractivity contribution is 6.30. The van der Waals surface area contributed by atoms with E-state index < -0.39 is 6.10 Å². The second kappa shape index (κ2) is 10.5. The lowest BCUT2D eigenvalue weighted by molar-refractivity contribution is -0.128. The lowest BCUT2D eigenvalue weighted by atomic mass is 10.0. The molecule has 150 valence electrons. The molecule has 0 saturated carbocycles. The molecule has 1 amide bonds. The Balaban J connectivity index is 1.57. The van der Waals surface area contributed by atoms with Gasteiger partial charge in [-0.1, -0.05) is 49.2 Å². The molecule has 4 nitrogen and oxygen atoms in total. The number of hydrogen-bond acceptors (Lipinski definition) is 3. The number of rotatable bonds is 8. The van der Waals surface area contributed by atoms with E-state index in [2.05, 4.69) is 28.4 Å². The average molecular weight is 401 g/mol. The van der Waals surface area contributed by atoms with E-state index in [-0.39, 0.29) is 5.91 Å². The topological polar surface area (TPSA) is 41.6 Å². The monoisotopic (exact) mass is 400 g/mol. The number of piperidine rings is 1. The van der Waals surface area contributed by atoms with E-state index in [0.29, 0.717) is 23.7 Å². The summed E-state index contributed by atoms with van der Waals surface area (Å²) in [5.74, 6) is 0.558. The largest absolute Gasteiger partial charge is 0.481 e. The Bertz CT molecular complexity index is 757. The highest BCUT2D eigenvalue weighted by atomic mass is 35.5. The minimum absolute atomic E-state index is 0.0924. The minimum Gasteiger partial charge on any atom is -0.481 e. The first-order valence-corrected chi connectivity index (χ1v) is 10.5. The Morgan fingerprint density at radius 1 is 1.07 bits per heavy atom. The van der Waals surface area contributed by atoms with Crippen molar-refractivity contribution in [2.75, 3.05) is 13.1 Å². The number of benzene rings is 2. The van der Waals surface area contributed by atoms with Gasteiger partial charge in [0.1, 0.15) is 5.75 Å². The van der Waals surface area contributed by atoms with E-state index in [9.17, 15) is 4.79 Å². The molecule has 3 rings (SSSR count). The number of nitrogens with zero attached hydrogens (tertiary/aromatic N) is 1. The van der Waals surface area contributed by atoms with Gasteiger partial charge in [-0.05, 0) is 67.7 Å². The van der Waals surface area contributed by atoms with Crippen LogP contribution in [0.15, 0.2) is 48.5 Å². The Hall–Kier alpha value is -2.04. The fourth-order valence-electron chi connectivity index (χ4n) is 3.54. The van der Waals surface area contributed by atoms with Crippen molar-refractivity contribution in [3.05, 3.63) is 64.7 Å². The van der Waals surface area contributed by atoms with Gasteiger partial charge < -0.3 is 10.1 Å². The maximum atomic E-state index is 12.6. The van der Waals surface area contributed by atoms with Gasteiger partial charge in [0, 0.05) is 18.1 Å². The standard InChI is InChI=1S/C23H29ClN2O2/c1-2-22(28-21-12-10-20(24)11-13-21)23(27)25-16-18-8-4-5-9-19(18)17-26-14-6-3-7-15-26/h4-5,8-13,22H,2-3,6-7,14-17H2,1H3,(H,25,27)/t22-/m1/s1. The van der Waals surface area contributed by atoms with Gasteiger partial charge in [0.2, 0.25) is 0 Å². The predicted octanol–water partition coefficient (Wildman–Crippen LogP) is 4.80. The van der Waals surface area contributed by atoms with Crippen molar-refractivity contribution in [2.45, 2.75) is 51.8 Å². The van der Waals surface area contributed by atoms with Crippen LogP contribution in [0.25, 0.3) is 0 Å². The average Bonchev–Trinajstić information content (AvgIpc) is 2.73. The molecule has 5 heteroatoms. The molecule has 1 saturated heterocycles. The van der Waals surface area contributed by atoms with Crippen LogP contribution in [0.3, 0.4) is 0 Å². The molecule has 1 N–H and O–H groups in total. The lowest BCUT2D eigenvalue weighted by Crippen LogP contribution is -2.38. The van der Waals surface area contributed by atoms with Crippen LogP contribution in [0.2, 0.25) is 5.02 Å². The Kier molecular flexibility index (Phi) is 7.75. The molecule has 2 aromatic rings. The molecule has 0 unspecified atom stereocenters.